The smallest absolute Gasteiger partial charge is 0.306 e. The Kier molecular flexibility index (Phi) is 6.50. The molecular weight excluding hydrogens is 341 g/mol. The van der Waals surface area contributed by atoms with E-state index in [1.165, 1.54) is 6.26 Å². The Morgan fingerprint density at radius 2 is 2.04 bits per heavy atom. The van der Waals surface area contributed by atoms with E-state index < -0.39 is 11.9 Å². The fourth-order valence-corrected chi connectivity index (χ4v) is 2.28. The second-order valence-corrected chi connectivity index (χ2v) is 5.60. The van der Waals surface area contributed by atoms with Crippen molar-refractivity contribution in [1.29, 1.82) is 0 Å². The molecular formula is C16H15Cl2NO4. The van der Waals surface area contributed by atoms with Gasteiger partial charge in [0.25, 0.3) is 5.91 Å². The lowest BCUT2D eigenvalue weighted by Gasteiger charge is -2.08. The summed E-state index contributed by atoms with van der Waals surface area (Å²) in [5, 5.41) is 3.61. The lowest BCUT2D eigenvalue weighted by molar-refractivity contribution is -0.148. The van der Waals surface area contributed by atoms with Crippen molar-refractivity contribution in [3.8, 4) is 0 Å². The van der Waals surface area contributed by atoms with Gasteiger partial charge in [-0.1, -0.05) is 29.3 Å². The van der Waals surface area contributed by atoms with E-state index in [0.29, 0.717) is 22.2 Å². The number of esters is 1. The summed E-state index contributed by atoms with van der Waals surface area (Å²) in [4.78, 5) is 23.2. The van der Waals surface area contributed by atoms with Gasteiger partial charge < -0.3 is 14.5 Å². The highest BCUT2D eigenvalue weighted by Gasteiger charge is 2.09. The van der Waals surface area contributed by atoms with Gasteiger partial charge in [-0.3, -0.25) is 9.59 Å². The molecule has 1 aromatic carbocycles. The minimum absolute atomic E-state index is 0.157. The number of aryl methyl sites for hydroxylation is 1. The number of carbonyl (C=O) groups excluding carboxylic acids is 2. The average molecular weight is 356 g/mol. The number of nitrogens with one attached hydrogen (secondary N) is 1. The topological polar surface area (TPSA) is 68.5 Å². The molecule has 2 aromatic rings. The van der Waals surface area contributed by atoms with E-state index in [4.69, 9.17) is 32.4 Å². The molecule has 0 aliphatic heterocycles. The molecule has 0 fully saturated rings. The van der Waals surface area contributed by atoms with Gasteiger partial charge in [0.2, 0.25) is 0 Å². The largest absolute Gasteiger partial charge is 0.469 e. The molecule has 0 unspecified atom stereocenters. The lowest BCUT2D eigenvalue weighted by Crippen LogP contribution is -2.28. The van der Waals surface area contributed by atoms with Gasteiger partial charge in [-0.05, 0) is 29.8 Å². The fourth-order valence-electron chi connectivity index (χ4n) is 1.81. The van der Waals surface area contributed by atoms with E-state index in [-0.39, 0.29) is 19.6 Å². The molecule has 1 heterocycles. The molecule has 2 rings (SSSR count). The number of ether oxygens (including phenoxy) is 1. The minimum Gasteiger partial charge on any atom is -0.469 e. The standard InChI is InChI=1S/C16H15Cl2NO4/c17-12-4-3-11(14(18)8-12)9-19-15(20)10-23-16(21)6-5-13-2-1-7-22-13/h1-4,7-8H,5-6,9-10H2,(H,19,20). The first-order chi connectivity index (χ1) is 11.0. The molecule has 0 atom stereocenters. The summed E-state index contributed by atoms with van der Waals surface area (Å²) in [5.41, 5.74) is 0.730. The van der Waals surface area contributed by atoms with Gasteiger partial charge in [0.05, 0.1) is 12.7 Å². The summed E-state index contributed by atoms with van der Waals surface area (Å²) >= 11 is 11.8. The Bertz CT molecular complexity index is 671. The maximum absolute atomic E-state index is 11.7. The summed E-state index contributed by atoms with van der Waals surface area (Å²) in [6, 6.07) is 8.52. The third-order valence-corrected chi connectivity index (χ3v) is 3.60. The lowest BCUT2D eigenvalue weighted by atomic mass is 10.2. The Hall–Kier alpha value is -1.98. The zero-order valence-electron chi connectivity index (χ0n) is 12.2. The number of hydrogen-bond acceptors (Lipinski definition) is 4. The predicted octanol–water partition coefficient (Wildman–Crippen LogP) is 3.38. The molecule has 1 aromatic heterocycles. The quantitative estimate of drug-likeness (QED) is 0.773. The Morgan fingerprint density at radius 1 is 1.22 bits per heavy atom. The third kappa shape index (κ3) is 5.96. The molecule has 0 saturated carbocycles. The number of carbonyl (C=O) groups is 2. The van der Waals surface area contributed by atoms with Crippen LogP contribution in [0.1, 0.15) is 17.7 Å². The normalized spacial score (nSPS) is 10.3. The van der Waals surface area contributed by atoms with Crippen LogP contribution in [0.2, 0.25) is 10.0 Å². The summed E-state index contributed by atoms with van der Waals surface area (Å²) in [7, 11) is 0. The number of halogens is 2. The van der Waals surface area contributed by atoms with Crippen LogP contribution in [-0.2, 0) is 27.3 Å². The maximum atomic E-state index is 11.7. The fraction of sp³-hybridized carbons (Fsp3) is 0.250. The Labute approximate surface area is 143 Å². The van der Waals surface area contributed by atoms with Crippen LogP contribution in [0.4, 0.5) is 0 Å². The summed E-state index contributed by atoms with van der Waals surface area (Å²) in [6.45, 7) is -0.0963. The molecule has 23 heavy (non-hydrogen) atoms. The van der Waals surface area contributed by atoms with Crippen molar-refractivity contribution in [2.75, 3.05) is 6.61 Å². The average Bonchev–Trinajstić information content (AvgIpc) is 3.03. The Morgan fingerprint density at radius 3 is 2.74 bits per heavy atom. The second-order valence-electron chi connectivity index (χ2n) is 4.75. The van der Waals surface area contributed by atoms with E-state index >= 15 is 0 Å². The van der Waals surface area contributed by atoms with Crippen LogP contribution in [0.15, 0.2) is 41.0 Å². The van der Waals surface area contributed by atoms with Crippen molar-refractivity contribution in [1.82, 2.24) is 5.32 Å². The summed E-state index contributed by atoms with van der Waals surface area (Å²) < 4.78 is 10.0. The first kappa shape index (κ1) is 17.4. The zero-order chi connectivity index (χ0) is 16.7. The van der Waals surface area contributed by atoms with Gasteiger partial charge in [0, 0.05) is 23.0 Å². The maximum Gasteiger partial charge on any atom is 0.306 e. The molecule has 5 nitrogen and oxygen atoms in total. The molecule has 7 heteroatoms. The van der Waals surface area contributed by atoms with Crippen LogP contribution in [0, 0.1) is 0 Å². The first-order valence-electron chi connectivity index (χ1n) is 6.93. The van der Waals surface area contributed by atoms with Crippen molar-refractivity contribution >= 4 is 35.1 Å². The molecule has 0 bridgehead atoms. The van der Waals surface area contributed by atoms with Crippen LogP contribution < -0.4 is 5.32 Å². The zero-order valence-corrected chi connectivity index (χ0v) is 13.7. The van der Waals surface area contributed by atoms with Gasteiger partial charge in [-0.25, -0.2) is 0 Å². The van der Waals surface area contributed by atoms with Crippen molar-refractivity contribution < 1.29 is 18.7 Å². The van der Waals surface area contributed by atoms with Gasteiger partial charge in [0.1, 0.15) is 5.76 Å². The molecule has 1 amide bonds. The highest BCUT2D eigenvalue weighted by molar-refractivity contribution is 6.35. The minimum atomic E-state index is -0.457. The second kappa shape index (κ2) is 8.60. The van der Waals surface area contributed by atoms with Crippen molar-refractivity contribution in [3.63, 3.8) is 0 Å². The number of rotatable bonds is 7. The van der Waals surface area contributed by atoms with E-state index in [2.05, 4.69) is 5.32 Å². The highest BCUT2D eigenvalue weighted by Crippen LogP contribution is 2.20. The van der Waals surface area contributed by atoms with Gasteiger partial charge >= 0.3 is 5.97 Å². The van der Waals surface area contributed by atoms with Crippen molar-refractivity contribution in [3.05, 3.63) is 58.0 Å². The van der Waals surface area contributed by atoms with E-state index in [9.17, 15) is 9.59 Å². The molecule has 0 spiro atoms. The molecule has 0 aliphatic rings. The number of hydrogen-bond donors (Lipinski definition) is 1. The van der Waals surface area contributed by atoms with Gasteiger partial charge in [0.15, 0.2) is 6.61 Å². The van der Waals surface area contributed by atoms with E-state index in [1.54, 1.807) is 30.3 Å². The molecule has 1 N–H and O–H groups in total. The van der Waals surface area contributed by atoms with Crippen molar-refractivity contribution in [2.24, 2.45) is 0 Å². The van der Waals surface area contributed by atoms with Gasteiger partial charge in [-0.15, -0.1) is 0 Å². The summed E-state index contributed by atoms with van der Waals surface area (Å²) in [6.07, 6.45) is 2.13. The van der Waals surface area contributed by atoms with Crippen molar-refractivity contribution in [2.45, 2.75) is 19.4 Å². The molecule has 0 radical (unpaired) electrons. The third-order valence-electron chi connectivity index (χ3n) is 3.01. The monoisotopic (exact) mass is 355 g/mol. The van der Waals surface area contributed by atoms with Crippen LogP contribution in [-0.4, -0.2) is 18.5 Å². The van der Waals surface area contributed by atoms with Crippen LogP contribution in [0.5, 0.6) is 0 Å². The molecule has 0 aliphatic carbocycles. The summed E-state index contributed by atoms with van der Waals surface area (Å²) in [5.74, 6) is -0.160. The predicted molar refractivity (Wildman–Crippen MR) is 86.3 cm³/mol. The number of amides is 1. The van der Waals surface area contributed by atoms with Gasteiger partial charge in [-0.2, -0.15) is 0 Å². The number of furan rings is 1. The van der Waals surface area contributed by atoms with Crippen LogP contribution in [0.25, 0.3) is 0 Å². The first-order valence-corrected chi connectivity index (χ1v) is 7.69. The van der Waals surface area contributed by atoms with E-state index in [0.717, 1.165) is 5.56 Å². The number of benzene rings is 1. The Balaban J connectivity index is 1.67. The van der Waals surface area contributed by atoms with Crippen LogP contribution in [0.3, 0.4) is 0 Å². The highest BCUT2D eigenvalue weighted by atomic mass is 35.5. The SMILES string of the molecule is O=C(COC(=O)CCc1ccco1)NCc1ccc(Cl)cc1Cl. The molecule has 0 saturated heterocycles. The van der Waals surface area contributed by atoms with Crippen LogP contribution >= 0.6 is 23.2 Å². The molecule has 122 valence electrons. The van der Waals surface area contributed by atoms with E-state index in [1.807, 2.05) is 0 Å².